The van der Waals surface area contributed by atoms with Gasteiger partial charge in [-0.25, -0.2) is 0 Å². The standard InChI is InChI=1S/C12H18N2OS2/c1-8(2)10(11(13)16)12(15)14-6-5-9-4-3-7-17-9/h3-4,7-8,10H,5-6H2,1-2H3,(H2,13,16)(H,14,15). The van der Waals surface area contributed by atoms with E-state index in [0.717, 1.165) is 6.42 Å². The van der Waals surface area contributed by atoms with Crippen molar-refractivity contribution in [2.45, 2.75) is 20.3 Å². The molecule has 0 aliphatic rings. The van der Waals surface area contributed by atoms with E-state index in [0.29, 0.717) is 6.54 Å². The molecule has 1 amide bonds. The van der Waals surface area contributed by atoms with Crippen LogP contribution >= 0.6 is 23.6 Å². The minimum atomic E-state index is -0.367. The average Bonchev–Trinajstić information content (AvgIpc) is 2.69. The van der Waals surface area contributed by atoms with Crippen LogP contribution in [-0.4, -0.2) is 17.4 Å². The zero-order valence-electron chi connectivity index (χ0n) is 10.1. The molecule has 5 heteroatoms. The quantitative estimate of drug-likeness (QED) is 0.777. The summed E-state index contributed by atoms with van der Waals surface area (Å²) in [4.78, 5) is 13.4. The van der Waals surface area contributed by atoms with Crippen LogP contribution in [0.5, 0.6) is 0 Å². The second-order valence-corrected chi connectivity index (χ2v) is 5.75. The zero-order valence-corrected chi connectivity index (χ0v) is 11.7. The average molecular weight is 270 g/mol. The summed E-state index contributed by atoms with van der Waals surface area (Å²) < 4.78 is 0. The fourth-order valence-corrected chi connectivity index (χ4v) is 2.72. The van der Waals surface area contributed by atoms with Crippen LogP contribution in [0.2, 0.25) is 0 Å². The van der Waals surface area contributed by atoms with Crippen molar-refractivity contribution in [1.82, 2.24) is 5.32 Å². The van der Waals surface area contributed by atoms with Crippen molar-refractivity contribution >= 4 is 34.5 Å². The predicted molar refractivity (Wildman–Crippen MR) is 76.1 cm³/mol. The number of carbonyl (C=O) groups is 1. The van der Waals surface area contributed by atoms with Crippen LogP contribution in [0.4, 0.5) is 0 Å². The summed E-state index contributed by atoms with van der Waals surface area (Å²) in [5.74, 6) is -0.299. The van der Waals surface area contributed by atoms with Gasteiger partial charge in [0.05, 0.1) is 10.9 Å². The van der Waals surface area contributed by atoms with Crippen molar-refractivity contribution in [2.24, 2.45) is 17.6 Å². The largest absolute Gasteiger partial charge is 0.393 e. The summed E-state index contributed by atoms with van der Waals surface area (Å²) >= 11 is 6.61. The highest BCUT2D eigenvalue weighted by Gasteiger charge is 2.24. The molecule has 0 radical (unpaired) electrons. The first-order valence-corrected chi connectivity index (χ1v) is 6.90. The first-order valence-electron chi connectivity index (χ1n) is 5.61. The maximum atomic E-state index is 11.9. The molecule has 0 bridgehead atoms. The normalized spacial score (nSPS) is 12.4. The Hall–Kier alpha value is -0.940. The van der Waals surface area contributed by atoms with Crippen LogP contribution in [-0.2, 0) is 11.2 Å². The van der Waals surface area contributed by atoms with Gasteiger partial charge in [0.25, 0.3) is 0 Å². The lowest BCUT2D eigenvalue weighted by Crippen LogP contribution is -2.41. The molecule has 0 saturated carbocycles. The lowest BCUT2D eigenvalue weighted by atomic mass is 9.95. The van der Waals surface area contributed by atoms with E-state index in [-0.39, 0.29) is 22.7 Å². The van der Waals surface area contributed by atoms with E-state index < -0.39 is 0 Å². The molecule has 0 saturated heterocycles. The Balaban J connectivity index is 2.40. The fourth-order valence-electron chi connectivity index (χ4n) is 1.63. The lowest BCUT2D eigenvalue weighted by Gasteiger charge is -2.18. The van der Waals surface area contributed by atoms with Gasteiger partial charge in [-0.3, -0.25) is 4.79 Å². The lowest BCUT2D eigenvalue weighted by molar-refractivity contribution is -0.123. The highest BCUT2D eigenvalue weighted by molar-refractivity contribution is 7.80. The highest BCUT2D eigenvalue weighted by Crippen LogP contribution is 2.12. The van der Waals surface area contributed by atoms with Gasteiger partial charge in [0.1, 0.15) is 0 Å². The summed E-state index contributed by atoms with van der Waals surface area (Å²) in [5, 5.41) is 4.91. The van der Waals surface area contributed by atoms with Crippen LogP contribution < -0.4 is 11.1 Å². The number of rotatable bonds is 6. The van der Waals surface area contributed by atoms with E-state index >= 15 is 0 Å². The Bertz CT molecular complexity index is 374. The van der Waals surface area contributed by atoms with E-state index in [4.69, 9.17) is 18.0 Å². The Kier molecular flexibility index (Phi) is 5.58. The minimum absolute atomic E-state index is 0.0657. The second kappa shape index (κ2) is 6.71. The number of amides is 1. The third-order valence-electron chi connectivity index (χ3n) is 2.51. The second-order valence-electron chi connectivity index (χ2n) is 4.24. The van der Waals surface area contributed by atoms with Gasteiger partial charge >= 0.3 is 0 Å². The van der Waals surface area contributed by atoms with Crippen LogP contribution in [0, 0.1) is 11.8 Å². The molecule has 1 aromatic rings. The van der Waals surface area contributed by atoms with E-state index in [1.807, 2.05) is 25.3 Å². The third-order valence-corrected chi connectivity index (χ3v) is 3.70. The molecule has 3 nitrogen and oxygen atoms in total. The SMILES string of the molecule is CC(C)C(C(=O)NCCc1cccs1)C(N)=S. The first-order chi connectivity index (χ1) is 8.02. The molecular formula is C12H18N2OS2. The van der Waals surface area contributed by atoms with Crippen molar-refractivity contribution in [2.75, 3.05) is 6.54 Å². The van der Waals surface area contributed by atoms with Gasteiger partial charge in [0, 0.05) is 11.4 Å². The number of hydrogen-bond acceptors (Lipinski definition) is 3. The predicted octanol–water partition coefficient (Wildman–Crippen LogP) is 1.97. The number of thiophene rings is 1. The van der Waals surface area contributed by atoms with Gasteiger partial charge in [-0.1, -0.05) is 32.1 Å². The number of nitrogens with one attached hydrogen (secondary N) is 1. The van der Waals surface area contributed by atoms with Gasteiger partial charge in [-0.05, 0) is 23.8 Å². The molecule has 0 fully saturated rings. The maximum absolute atomic E-state index is 11.9. The number of carbonyl (C=O) groups excluding carboxylic acids is 1. The molecule has 3 N–H and O–H groups in total. The molecule has 1 atom stereocenters. The Labute approximate surface area is 111 Å². The Morgan fingerprint density at radius 1 is 1.59 bits per heavy atom. The highest BCUT2D eigenvalue weighted by atomic mass is 32.1. The first kappa shape index (κ1) is 14.1. The van der Waals surface area contributed by atoms with Crippen LogP contribution in [0.1, 0.15) is 18.7 Å². The van der Waals surface area contributed by atoms with Crippen LogP contribution in [0.3, 0.4) is 0 Å². The van der Waals surface area contributed by atoms with Gasteiger partial charge in [-0.2, -0.15) is 0 Å². The molecule has 0 aromatic carbocycles. The summed E-state index contributed by atoms with van der Waals surface area (Å²) in [5.41, 5.74) is 5.58. The van der Waals surface area contributed by atoms with E-state index in [1.165, 1.54) is 4.88 Å². The molecular weight excluding hydrogens is 252 g/mol. The van der Waals surface area contributed by atoms with E-state index in [2.05, 4.69) is 11.4 Å². The van der Waals surface area contributed by atoms with Crippen molar-refractivity contribution < 1.29 is 4.79 Å². The Morgan fingerprint density at radius 3 is 2.76 bits per heavy atom. The monoisotopic (exact) mass is 270 g/mol. The summed E-state index contributed by atoms with van der Waals surface area (Å²) in [6.45, 7) is 4.52. The fraction of sp³-hybridized carbons (Fsp3) is 0.500. The molecule has 0 spiro atoms. The summed E-state index contributed by atoms with van der Waals surface area (Å²) in [6, 6.07) is 4.07. The molecule has 1 aromatic heterocycles. The molecule has 1 heterocycles. The van der Waals surface area contributed by atoms with Crippen LogP contribution in [0.15, 0.2) is 17.5 Å². The van der Waals surface area contributed by atoms with E-state index in [1.54, 1.807) is 11.3 Å². The summed E-state index contributed by atoms with van der Waals surface area (Å²) in [6.07, 6.45) is 0.853. The summed E-state index contributed by atoms with van der Waals surface area (Å²) in [7, 11) is 0. The topological polar surface area (TPSA) is 55.1 Å². The Morgan fingerprint density at radius 2 is 2.29 bits per heavy atom. The van der Waals surface area contributed by atoms with Crippen molar-refractivity contribution in [3.63, 3.8) is 0 Å². The van der Waals surface area contributed by atoms with Crippen LogP contribution in [0.25, 0.3) is 0 Å². The van der Waals surface area contributed by atoms with Gasteiger partial charge in [0.15, 0.2) is 0 Å². The zero-order chi connectivity index (χ0) is 12.8. The molecule has 0 aliphatic heterocycles. The van der Waals surface area contributed by atoms with Gasteiger partial charge in [0.2, 0.25) is 5.91 Å². The molecule has 1 unspecified atom stereocenters. The number of hydrogen-bond donors (Lipinski definition) is 2. The molecule has 94 valence electrons. The van der Waals surface area contributed by atoms with E-state index in [9.17, 15) is 4.79 Å². The van der Waals surface area contributed by atoms with Crippen molar-refractivity contribution in [3.8, 4) is 0 Å². The molecule has 0 aliphatic carbocycles. The van der Waals surface area contributed by atoms with Crippen molar-refractivity contribution in [1.29, 1.82) is 0 Å². The van der Waals surface area contributed by atoms with Crippen molar-refractivity contribution in [3.05, 3.63) is 22.4 Å². The third kappa shape index (κ3) is 4.44. The minimum Gasteiger partial charge on any atom is -0.393 e. The van der Waals surface area contributed by atoms with Gasteiger partial charge < -0.3 is 11.1 Å². The number of thiocarbonyl (C=S) groups is 1. The molecule has 1 rings (SSSR count). The smallest absolute Gasteiger partial charge is 0.230 e. The molecule has 17 heavy (non-hydrogen) atoms. The number of nitrogens with two attached hydrogens (primary N) is 1. The maximum Gasteiger partial charge on any atom is 0.230 e. The van der Waals surface area contributed by atoms with Gasteiger partial charge in [-0.15, -0.1) is 11.3 Å².